The fourth-order valence-electron chi connectivity index (χ4n) is 0.567. The summed E-state index contributed by atoms with van der Waals surface area (Å²) in [4.78, 5) is 21.3. The Kier molecular flexibility index (Phi) is 3.63. The highest BCUT2D eigenvalue weighted by Gasteiger charge is 2.39. The zero-order chi connectivity index (χ0) is 9.94. The summed E-state index contributed by atoms with van der Waals surface area (Å²) in [7, 11) is 0. The lowest BCUT2D eigenvalue weighted by molar-refractivity contribution is -0.147. The molecule has 5 nitrogen and oxygen atoms in total. The number of ketones is 1. The van der Waals surface area contributed by atoms with E-state index in [1.54, 1.807) is 0 Å². The molecule has 0 aromatic rings. The highest BCUT2D eigenvalue weighted by molar-refractivity contribution is 6.28. The van der Waals surface area contributed by atoms with E-state index in [-0.39, 0.29) is 5.88 Å². The second-order valence-corrected chi connectivity index (χ2v) is 2.83. The fourth-order valence-corrected chi connectivity index (χ4v) is 0.799. The predicted molar refractivity (Wildman–Crippen MR) is 43.6 cm³/mol. The molecule has 0 saturated heterocycles. The normalized spacial score (nSPS) is 14.0. The fraction of sp³-hybridized carbons (Fsp3) is 0.667. The number of alkyl halides is 1. The number of carbonyl (C=O) groups excluding carboxylic acids is 1. The van der Waals surface area contributed by atoms with E-state index in [9.17, 15) is 9.59 Å². The Balaban J connectivity index is 4.56. The third-order valence-electron chi connectivity index (χ3n) is 1.70. The van der Waals surface area contributed by atoms with Crippen LogP contribution in [0.15, 0.2) is 0 Å². The van der Waals surface area contributed by atoms with E-state index in [0.717, 1.165) is 0 Å². The lowest BCUT2D eigenvalue weighted by atomic mass is 9.92. The van der Waals surface area contributed by atoms with Gasteiger partial charge >= 0.3 is 5.97 Å². The molecule has 70 valence electrons. The number of carboxylic acid groups (broad SMARTS) is 1. The molecule has 0 heterocycles. The van der Waals surface area contributed by atoms with Gasteiger partial charge in [0.2, 0.25) is 0 Å². The van der Waals surface area contributed by atoms with Crippen LogP contribution in [-0.4, -0.2) is 28.4 Å². The first-order chi connectivity index (χ1) is 5.34. The van der Waals surface area contributed by atoms with Crippen molar-refractivity contribution in [1.82, 2.24) is 0 Å². The molecule has 6 heteroatoms. The lowest BCUT2D eigenvalue weighted by Gasteiger charge is -2.24. The average Bonchev–Trinajstić information content (AvgIpc) is 2.01. The van der Waals surface area contributed by atoms with Crippen LogP contribution in [0.3, 0.4) is 0 Å². The second kappa shape index (κ2) is 3.84. The quantitative estimate of drug-likeness (QED) is 0.398. The summed E-state index contributed by atoms with van der Waals surface area (Å²) in [5, 5.41) is 8.51. The first-order valence-electron chi connectivity index (χ1n) is 3.23. The third kappa shape index (κ3) is 2.17. The van der Waals surface area contributed by atoms with Crippen LogP contribution >= 0.6 is 11.6 Å². The Morgan fingerprint density at radius 3 is 2.25 bits per heavy atom. The molecule has 0 aromatic carbocycles. The summed E-state index contributed by atoms with van der Waals surface area (Å²) in [5.41, 5.74) is 8.32. The molecule has 0 fully saturated rings. The molecule has 0 bridgehead atoms. The minimum Gasteiger partial charge on any atom is -0.479 e. The van der Waals surface area contributed by atoms with Crippen molar-refractivity contribution in [1.29, 1.82) is 0 Å². The maximum atomic E-state index is 10.9. The number of aliphatic carboxylic acids is 1. The number of Topliss-reactive ketones (excluding diaryl/α,β-unsaturated/α-hetero) is 1. The van der Waals surface area contributed by atoms with Crippen LogP contribution in [0, 0.1) is 5.92 Å². The molecule has 0 aromatic heterocycles. The van der Waals surface area contributed by atoms with Gasteiger partial charge in [0, 0.05) is 0 Å². The Bertz CT molecular complexity index is 205. The van der Waals surface area contributed by atoms with E-state index >= 15 is 0 Å². The van der Waals surface area contributed by atoms with E-state index in [0.29, 0.717) is 0 Å². The van der Waals surface area contributed by atoms with Crippen molar-refractivity contribution in [2.75, 3.05) is 5.88 Å². The van der Waals surface area contributed by atoms with Gasteiger partial charge in [0.25, 0.3) is 0 Å². The van der Waals surface area contributed by atoms with Gasteiger partial charge in [-0.25, -0.2) is 4.79 Å². The topological polar surface area (TPSA) is 106 Å². The summed E-state index contributed by atoms with van der Waals surface area (Å²) in [6.45, 7) is 1.33. The molecule has 0 rings (SSSR count). The third-order valence-corrected chi connectivity index (χ3v) is 1.97. The number of rotatable bonds is 4. The molecule has 0 aliphatic carbocycles. The standard InChI is InChI=1S/C6H11ClN2O3/c1-3(4(10)2-7)6(8,9)5(11)12/h3H,2,8-9H2,1H3,(H,11,12). The molecular formula is C6H11ClN2O3. The smallest absolute Gasteiger partial charge is 0.339 e. The maximum Gasteiger partial charge on any atom is 0.339 e. The molecule has 0 spiro atoms. The second-order valence-electron chi connectivity index (χ2n) is 2.56. The molecule has 0 aliphatic heterocycles. The van der Waals surface area contributed by atoms with E-state index in [1.165, 1.54) is 6.92 Å². The van der Waals surface area contributed by atoms with E-state index < -0.39 is 23.3 Å². The van der Waals surface area contributed by atoms with Crippen molar-refractivity contribution in [2.24, 2.45) is 17.4 Å². The Hall–Kier alpha value is -0.650. The highest BCUT2D eigenvalue weighted by Crippen LogP contribution is 2.10. The summed E-state index contributed by atoms with van der Waals surface area (Å²) in [6, 6.07) is 0. The molecule has 5 N–H and O–H groups in total. The average molecular weight is 195 g/mol. The van der Waals surface area contributed by atoms with Gasteiger partial charge in [-0.15, -0.1) is 11.6 Å². The van der Waals surface area contributed by atoms with Gasteiger partial charge in [-0.1, -0.05) is 6.92 Å². The lowest BCUT2D eigenvalue weighted by Crippen LogP contribution is -2.63. The first-order valence-corrected chi connectivity index (χ1v) is 3.77. The Morgan fingerprint density at radius 1 is 1.58 bits per heavy atom. The van der Waals surface area contributed by atoms with Crippen LogP contribution in [0.1, 0.15) is 6.92 Å². The van der Waals surface area contributed by atoms with Crippen LogP contribution in [0.5, 0.6) is 0 Å². The maximum absolute atomic E-state index is 10.9. The monoisotopic (exact) mass is 194 g/mol. The van der Waals surface area contributed by atoms with Crippen molar-refractivity contribution in [3.8, 4) is 0 Å². The molecule has 1 atom stereocenters. The van der Waals surface area contributed by atoms with E-state index in [4.69, 9.17) is 28.2 Å². The van der Waals surface area contributed by atoms with Crippen LogP contribution in [-0.2, 0) is 9.59 Å². The van der Waals surface area contributed by atoms with Crippen LogP contribution < -0.4 is 11.5 Å². The number of hydrogen-bond donors (Lipinski definition) is 3. The van der Waals surface area contributed by atoms with Crippen molar-refractivity contribution in [3.63, 3.8) is 0 Å². The summed E-state index contributed by atoms with van der Waals surface area (Å²) in [5.74, 6) is -3.19. The van der Waals surface area contributed by atoms with Crippen LogP contribution in [0.4, 0.5) is 0 Å². The Morgan fingerprint density at radius 2 is 2.00 bits per heavy atom. The molecular weight excluding hydrogens is 184 g/mol. The van der Waals surface area contributed by atoms with E-state index in [1.807, 2.05) is 0 Å². The predicted octanol–water partition coefficient (Wildman–Crippen LogP) is -0.871. The van der Waals surface area contributed by atoms with Crippen molar-refractivity contribution >= 4 is 23.4 Å². The molecule has 0 saturated carbocycles. The largest absolute Gasteiger partial charge is 0.479 e. The zero-order valence-electron chi connectivity index (χ0n) is 6.58. The molecule has 0 aliphatic rings. The number of carbonyl (C=O) groups is 2. The SMILES string of the molecule is CC(C(=O)CCl)C(N)(N)C(=O)O. The number of hydrogen-bond acceptors (Lipinski definition) is 4. The molecule has 12 heavy (non-hydrogen) atoms. The number of halogens is 1. The summed E-state index contributed by atoms with van der Waals surface area (Å²) >= 11 is 5.20. The van der Waals surface area contributed by atoms with E-state index in [2.05, 4.69) is 0 Å². The first kappa shape index (κ1) is 11.4. The molecule has 0 amide bonds. The number of carboxylic acids is 1. The van der Waals surface area contributed by atoms with Crippen molar-refractivity contribution in [3.05, 3.63) is 0 Å². The van der Waals surface area contributed by atoms with Gasteiger partial charge in [-0.2, -0.15) is 0 Å². The summed E-state index contributed by atoms with van der Waals surface area (Å²) < 4.78 is 0. The van der Waals surface area contributed by atoms with Crippen molar-refractivity contribution < 1.29 is 14.7 Å². The molecule has 0 radical (unpaired) electrons. The van der Waals surface area contributed by atoms with Gasteiger partial charge in [0.1, 0.15) is 0 Å². The summed E-state index contributed by atoms with van der Waals surface area (Å²) in [6.07, 6.45) is 0. The van der Waals surface area contributed by atoms with Crippen molar-refractivity contribution in [2.45, 2.75) is 12.6 Å². The molecule has 1 unspecified atom stereocenters. The van der Waals surface area contributed by atoms with Gasteiger partial charge in [0.05, 0.1) is 11.8 Å². The van der Waals surface area contributed by atoms with Gasteiger partial charge in [0.15, 0.2) is 11.4 Å². The minimum absolute atomic E-state index is 0.287. The number of nitrogens with two attached hydrogens (primary N) is 2. The van der Waals surface area contributed by atoms with Gasteiger partial charge in [-0.3, -0.25) is 4.79 Å². The minimum atomic E-state index is -2.04. The zero-order valence-corrected chi connectivity index (χ0v) is 7.34. The Labute approximate surface area is 74.7 Å². The van der Waals surface area contributed by atoms with Gasteiger partial charge < -0.3 is 16.6 Å². The van der Waals surface area contributed by atoms with Crippen LogP contribution in [0.2, 0.25) is 0 Å². The van der Waals surface area contributed by atoms with Crippen LogP contribution in [0.25, 0.3) is 0 Å². The highest BCUT2D eigenvalue weighted by atomic mass is 35.5. The van der Waals surface area contributed by atoms with Gasteiger partial charge in [-0.05, 0) is 0 Å².